The molecule has 80 valence electrons. The molecule has 0 bridgehead atoms. The van der Waals surface area contributed by atoms with E-state index in [1.165, 1.54) is 0 Å². The monoisotopic (exact) mass is 210 g/mol. The van der Waals surface area contributed by atoms with E-state index in [1.54, 1.807) is 0 Å². The fourth-order valence-electron chi connectivity index (χ4n) is 0. The van der Waals surface area contributed by atoms with Gasteiger partial charge in [0.05, 0.1) is 0 Å². The maximum atomic E-state index is 9.75. The third-order valence-electron chi connectivity index (χ3n) is 0. The van der Waals surface area contributed by atoms with Crippen LogP contribution in [0.25, 0.3) is 0 Å². The summed E-state index contributed by atoms with van der Waals surface area (Å²) in [5.74, 6) is 0. The molecule has 0 amide bonds. The smallest absolute Gasteiger partial charge is 0.418 e. The lowest BCUT2D eigenvalue weighted by molar-refractivity contribution is 0.366. The minimum atomic E-state index is -6.00. The first kappa shape index (κ1) is 22.5. The lowest BCUT2D eigenvalue weighted by Crippen LogP contribution is -2.02. The van der Waals surface area contributed by atoms with Crippen LogP contribution in [0.1, 0.15) is 0 Å². The summed E-state index contributed by atoms with van der Waals surface area (Å²) in [6, 6.07) is 0. The third kappa shape index (κ3) is 2630. The Hall–Kier alpha value is -0.510. The van der Waals surface area contributed by atoms with Crippen molar-refractivity contribution < 1.29 is 45.5 Å². The zero-order valence-electron chi connectivity index (χ0n) is 5.18. The predicted octanol–water partition coefficient (Wildman–Crippen LogP) is 0.951. The van der Waals surface area contributed by atoms with E-state index in [9.17, 15) is 34.5 Å². The molecule has 0 unspecified atom stereocenters. The zero-order chi connectivity index (χ0) is 9.00. The molecule has 2 nitrogen and oxygen atoms in total. The van der Waals surface area contributed by atoms with Crippen LogP contribution in [-0.4, -0.2) is 25.5 Å². The van der Waals surface area contributed by atoms with E-state index in [1.807, 2.05) is 0 Å². The topological polar surface area (TPSA) is 63.0 Å². The molecule has 0 aliphatic rings. The van der Waals surface area contributed by atoms with E-state index in [4.69, 9.17) is 0 Å². The van der Waals surface area contributed by atoms with E-state index >= 15 is 0 Å². The lowest BCUT2D eigenvalue weighted by atomic mass is 10.3. The Kier molecular flexibility index (Phi) is 13.4. The van der Waals surface area contributed by atoms with E-state index in [-0.39, 0.29) is 11.0 Å². The summed E-state index contributed by atoms with van der Waals surface area (Å²) in [4.78, 5) is 0. The first-order valence-corrected chi connectivity index (χ1v) is 1.75. The molecule has 0 rings (SSSR count). The fraction of sp³-hybridized carbons (Fsp3) is 0. The first-order valence-electron chi connectivity index (χ1n) is 1.75. The average Bonchev–Trinajstić information content (AvgIpc) is 1.12. The van der Waals surface area contributed by atoms with Crippen molar-refractivity contribution in [3.63, 3.8) is 0 Å². The molecule has 0 radical (unpaired) electrons. The summed E-state index contributed by atoms with van der Waals surface area (Å²) >= 11 is 0. The van der Waals surface area contributed by atoms with Gasteiger partial charge in [-0.2, -0.15) is 0 Å². The second-order valence-electron chi connectivity index (χ2n) is 0.990. The molecule has 0 aliphatic carbocycles. The number of rotatable bonds is 0. The van der Waals surface area contributed by atoms with Crippen LogP contribution in [-0.2, 0) is 0 Å². The summed E-state index contributed by atoms with van der Waals surface area (Å²) in [7, 11) is -12.0. The second kappa shape index (κ2) is 7.16. The van der Waals surface area contributed by atoms with Crippen LogP contribution in [0.3, 0.4) is 0 Å². The van der Waals surface area contributed by atoms with Crippen molar-refractivity contribution in [1.82, 2.24) is 0 Å². The van der Waals surface area contributed by atoms with E-state index < -0.39 is 14.5 Å². The van der Waals surface area contributed by atoms with Crippen molar-refractivity contribution in [2.45, 2.75) is 0 Å². The molecule has 0 aromatic heterocycles. The van der Waals surface area contributed by atoms with Gasteiger partial charge in [0, 0.05) is 0 Å². The van der Waals surface area contributed by atoms with Gasteiger partial charge in [-0.25, -0.2) is 0 Å². The molecule has 0 spiro atoms. The number of halogens is 8. The van der Waals surface area contributed by atoms with Crippen molar-refractivity contribution in [1.29, 1.82) is 0 Å². The quantitative estimate of drug-likeness (QED) is 0.421. The minimum absolute atomic E-state index is 0. The highest BCUT2D eigenvalue weighted by molar-refractivity contribution is 6.50. The van der Waals surface area contributed by atoms with Crippen LogP contribution in [0, 0.1) is 0 Å². The molecule has 12 heteroatoms. The Bertz CT molecular complexity index is 58.0. The van der Waals surface area contributed by atoms with Gasteiger partial charge < -0.3 is 45.5 Å². The van der Waals surface area contributed by atoms with Gasteiger partial charge in [-0.1, -0.05) is 0 Å². The molecule has 0 aromatic rings. The second-order valence-corrected chi connectivity index (χ2v) is 0.990. The minimum Gasteiger partial charge on any atom is -0.418 e. The van der Waals surface area contributed by atoms with Gasteiger partial charge in [0.15, 0.2) is 0 Å². The maximum Gasteiger partial charge on any atom is 0.673 e. The van der Waals surface area contributed by atoms with Gasteiger partial charge in [-0.15, -0.1) is 0 Å². The average molecular weight is 210 g/mol. The summed E-state index contributed by atoms with van der Waals surface area (Å²) in [6.07, 6.45) is 0. The molecule has 0 saturated carbocycles. The van der Waals surface area contributed by atoms with Gasteiger partial charge in [-0.3, -0.25) is 0 Å². The molecule has 12 heavy (non-hydrogen) atoms. The SMILES string of the molecule is F[B-](F)(F)F.F[B-](F)(F)F.O.O. The van der Waals surface area contributed by atoms with E-state index in [0.29, 0.717) is 0 Å². The highest BCUT2D eigenvalue weighted by Crippen LogP contribution is 2.07. The Morgan fingerprint density at radius 3 is 0.417 bits per heavy atom. The van der Waals surface area contributed by atoms with Crippen LogP contribution in [0.15, 0.2) is 0 Å². The highest BCUT2D eigenvalue weighted by Gasteiger charge is 2.21. The largest absolute Gasteiger partial charge is 0.673 e. The van der Waals surface area contributed by atoms with Crippen LogP contribution < -0.4 is 0 Å². The van der Waals surface area contributed by atoms with E-state index in [2.05, 4.69) is 0 Å². The predicted molar refractivity (Wildman–Crippen MR) is 27.6 cm³/mol. The van der Waals surface area contributed by atoms with Gasteiger partial charge in [0.2, 0.25) is 0 Å². The maximum absolute atomic E-state index is 9.75. The molecule has 4 N–H and O–H groups in total. The van der Waals surface area contributed by atoms with Crippen molar-refractivity contribution >= 4 is 14.5 Å². The molecule has 0 heterocycles. The number of hydrogen-bond donors (Lipinski definition) is 0. The van der Waals surface area contributed by atoms with Crippen LogP contribution in [0.4, 0.5) is 34.5 Å². The Morgan fingerprint density at radius 2 is 0.417 bits per heavy atom. The van der Waals surface area contributed by atoms with Gasteiger partial charge in [0.25, 0.3) is 0 Å². The van der Waals surface area contributed by atoms with Crippen LogP contribution in [0.5, 0.6) is 0 Å². The van der Waals surface area contributed by atoms with Crippen molar-refractivity contribution in [2.75, 3.05) is 0 Å². The molecule has 0 aliphatic heterocycles. The molecule has 0 fully saturated rings. The molecule has 0 saturated heterocycles. The van der Waals surface area contributed by atoms with Crippen LogP contribution >= 0.6 is 0 Å². The summed E-state index contributed by atoms with van der Waals surface area (Å²) in [5.41, 5.74) is 0. The van der Waals surface area contributed by atoms with Gasteiger partial charge >= 0.3 is 14.5 Å². The highest BCUT2D eigenvalue weighted by atomic mass is 19.5. The Morgan fingerprint density at radius 1 is 0.417 bits per heavy atom. The summed E-state index contributed by atoms with van der Waals surface area (Å²) in [5, 5.41) is 0. The zero-order valence-corrected chi connectivity index (χ0v) is 5.18. The van der Waals surface area contributed by atoms with Gasteiger partial charge in [-0.05, 0) is 0 Å². The van der Waals surface area contributed by atoms with Crippen molar-refractivity contribution in [2.24, 2.45) is 0 Å². The molecular formula is H4B2F8O2-2. The summed E-state index contributed by atoms with van der Waals surface area (Å²) < 4.78 is 78.0. The Labute approximate surface area is 61.4 Å². The van der Waals surface area contributed by atoms with Crippen LogP contribution in [0.2, 0.25) is 0 Å². The standard InChI is InChI=1S/2BF4.2H2O/c2*2-1(3,4)5;;/h;;2*1H2/q2*-1;;. The third-order valence-corrected chi connectivity index (χ3v) is 0. The summed E-state index contributed by atoms with van der Waals surface area (Å²) in [6.45, 7) is 0. The number of hydrogen-bond acceptors (Lipinski definition) is 0. The molecule has 0 atom stereocenters. The molecule has 0 aromatic carbocycles. The first-order chi connectivity index (χ1) is 4.00. The van der Waals surface area contributed by atoms with Crippen molar-refractivity contribution in [3.8, 4) is 0 Å². The van der Waals surface area contributed by atoms with Crippen molar-refractivity contribution in [3.05, 3.63) is 0 Å². The Balaban J connectivity index is -0.0000000457. The van der Waals surface area contributed by atoms with Gasteiger partial charge in [0.1, 0.15) is 0 Å². The van der Waals surface area contributed by atoms with E-state index in [0.717, 1.165) is 0 Å². The molecular weight excluding hydrogens is 206 g/mol. The normalized spacial score (nSPS) is 10.0. The fourth-order valence-corrected chi connectivity index (χ4v) is 0. The lowest BCUT2D eigenvalue weighted by Gasteiger charge is -1.94.